The molecule has 2 aromatic carbocycles. The Balaban J connectivity index is 2.13. The quantitative estimate of drug-likeness (QED) is 0.683. The lowest BCUT2D eigenvalue weighted by atomic mass is 10.3. The van der Waals surface area contributed by atoms with Crippen LogP contribution in [0.5, 0.6) is 11.5 Å². The summed E-state index contributed by atoms with van der Waals surface area (Å²) in [4.78, 5) is 21.0. The summed E-state index contributed by atoms with van der Waals surface area (Å²) in [5.74, 6) is 0.846. The number of anilines is 1. The highest BCUT2D eigenvalue weighted by Crippen LogP contribution is 2.25. The molecule has 6 nitrogen and oxygen atoms in total. The fraction of sp³-hybridized carbons (Fsp3) is 0.0714. The van der Waals surface area contributed by atoms with Crippen molar-refractivity contribution in [2.45, 2.75) is 6.92 Å². The van der Waals surface area contributed by atoms with Gasteiger partial charge in [-0.3, -0.25) is 14.9 Å². The Morgan fingerprint density at radius 3 is 2.45 bits per heavy atom. The SMILES string of the molecule is CC(=O)Nc1cccc(Oc2ccc([N+](=O)[O-])cc2)c1. The number of nitro benzene ring substituents is 1. The molecule has 0 atom stereocenters. The summed E-state index contributed by atoms with van der Waals surface area (Å²) >= 11 is 0. The van der Waals surface area contributed by atoms with E-state index in [2.05, 4.69) is 5.32 Å². The molecule has 0 bridgehead atoms. The molecule has 6 heteroatoms. The minimum atomic E-state index is -0.471. The molecule has 1 amide bonds. The van der Waals surface area contributed by atoms with E-state index < -0.39 is 4.92 Å². The summed E-state index contributed by atoms with van der Waals surface area (Å²) in [6, 6.07) is 12.7. The minimum Gasteiger partial charge on any atom is -0.457 e. The standard InChI is InChI=1S/C14H12N2O4/c1-10(17)15-11-3-2-4-14(9-11)20-13-7-5-12(6-8-13)16(18)19/h2-9H,1H3,(H,15,17). The normalized spacial score (nSPS) is 9.85. The second kappa shape index (κ2) is 5.83. The number of amides is 1. The maximum atomic E-state index is 11.0. The van der Waals surface area contributed by atoms with Crippen LogP contribution in [-0.2, 0) is 4.79 Å². The van der Waals surface area contributed by atoms with Gasteiger partial charge in [-0.25, -0.2) is 0 Å². The molecule has 0 radical (unpaired) electrons. The Morgan fingerprint density at radius 1 is 1.15 bits per heavy atom. The smallest absolute Gasteiger partial charge is 0.269 e. The van der Waals surface area contributed by atoms with E-state index in [-0.39, 0.29) is 11.6 Å². The fourth-order valence-corrected chi connectivity index (χ4v) is 1.61. The van der Waals surface area contributed by atoms with Gasteiger partial charge in [-0.15, -0.1) is 0 Å². The third-order valence-electron chi connectivity index (χ3n) is 2.44. The zero-order valence-electron chi connectivity index (χ0n) is 10.7. The molecule has 2 aromatic rings. The minimum absolute atomic E-state index is 0.00403. The molecule has 0 heterocycles. The first-order valence-electron chi connectivity index (χ1n) is 5.84. The molecule has 0 aliphatic heterocycles. The molecule has 2 rings (SSSR count). The van der Waals surface area contributed by atoms with Crippen molar-refractivity contribution in [3.8, 4) is 11.5 Å². The molecule has 0 unspecified atom stereocenters. The molecular formula is C14H12N2O4. The molecule has 0 spiro atoms. The maximum Gasteiger partial charge on any atom is 0.269 e. The van der Waals surface area contributed by atoms with E-state index in [4.69, 9.17) is 4.74 Å². The number of carbonyl (C=O) groups is 1. The summed E-state index contributed by atoms with van der Waals surface area (Å²) in [6.45, 7) is 1.42. The highest BCUT2D eigenvalue weighted by molar-refractivity contribution is 5.88. The third-order valence-corrected chi connectivity index (χ3v) is 2.44. The molecule has 0 aliphatic carbocycles. The van der Waals surface area contributed by atoms with Crippen molar-refractivity contribution in [1.82, 2.24) is 0 Å². The fourth-order valence-electron chi connectivity index (χ4n) is 1.61. The number of benzene rings is 2. The van der Waals surface area contributed by atoms with E-state index in [9.17, 15) is 14.9 Å². The van der Waals surface area contributed by atoms with E-state index in [1.54, 1.807) is 24.3 Å². The number of nitro groups is 1. The Bertz CT molecular complexity index is 638. The second-order valence-electron chi connectivity index (χ2n) is 4.06. The van der Waals surface area contributed by atoms with Crippen molar-refractivity contribution < 1.29 is 14.5 Å². The van der Waals surface area contributed by atoms with Gasteiger partial charge < -0.3 is 10.1 Å². The van der Waals surface area contributed by atoms with Gasteiger partial charge in [0.15, 0.2) is 0 Å². The van der Waals surface area contributed by atoms with Crippen LogP contribution in [0.2, 0.25) is 0 Å². The van der Waals surface area contributed by atoms with E-state index >= 15 is 0 Å². The summed E-state index contributed by atoms with van der Waals surface area (Å²) in [7, 11) is 0. The number of nitrogens with zero attached hydrogens (tertiary/aromatic N) is 1. The van der Waals surface area contributed by atoms with Crippen LogP contribution < -0.4 is 10.1 Å². The first-order valence-corrected chi connectivity index (χ1v) is 5.84. The zero-order chi connectivity index (χ0) is 14.5. The van der Waals surface area contributed by atoms with E-state index in [1.807, 2.05) is 0 Å². The lowest BCUT2D eigenvalue weighted by Crippen LogP contribution is -2.05. The number of rotatable bonds is 4. The summed E-state index contributed by atoms with van der Waals surface area (Å²) < 4.78 is 5.56. The average molecular weight is 272 g/mol. The van der Waals surface area contributed by atoms with Crippen molar-refractivity contribution in [2.75, 3.05) is 5.32 Å². The number of hydrogen-bond acceptors (Lipinski definition) is 4. The molecule has 1 N–H and O–H groups in total. The summed E-state index contributed by atoms with van der Waals surface area (Å²) in [6.07, 6.45) is 0. The van der Waals surface area contributed by atoms with Crippen LogP contribution in [0, 0.1) is 10.1 Å². The number of non-ortho nitro benzene ring substituents is 1. The van der Waals surface area contributed by atoms with Gasteiger partial charge in [0, 0.05) is 30.8 Å². The Kier molecular flexibility index (Phi) is 3.95. The predicted molar refractivity (Wildman–Crippen MR) is 73.9 cm³/mol. The highest BCUT2D eigenvalue weighted by atomic mass is 16.6. The van der Waals surface area contributed by atoms with Crippen molar-refractivity contribution in [2.24, 2.45) is 0 Å². The monoisotopic (exact) mass is 272 g/mol. The number of carbonyl (C=O) groups excluding carboxylic acids is 1. The zero-order valence-corrected chi connectivity index (χ0v) is 10.7. The molecule has 102 valence electrons. The van der Waals surface area contributed by atoms with E-state index in [0.717, 1.165) is 0 Å². The van der Waals surface area contributed by atoms with E-state index in [0.29, 0.717) is 17.2 Å². The second-order valence-corrected chi connectivity index (χ2v) is 4.06. The number of nitrogens with one attached hydrogen (secondary N) is 1. The van der Waals surface area contributed by atoms with Crippen LogP contribution in [0.4, 0.5) is 11.4 Å². The van der Waals surface area contributed by atoms with Crippen LogP contribution in [0.15, 0.2) is 48.5 Å². The van der Waals surface area contributed by atoms with Gasteiger partial charge in [-0.05, 0) is 24.3 Å². The summed E-state index contributed by atoms with van der Waals surface area (Å²) in [5, 5.41) is 13.2. The number of ether oxygens (including phenoxy) is 1. The Morgan fingerprint density at radius 2 is 1.85 bits per heavy atom. The van der Waals surface area contributed by atoms with Gasteiger partial charge in [0.25, 0.3) is 5.69 Å². The Labute approximate surface area is 115 Å². The van der Waals surface area contributed by atoms with E-state index in [1.165, 1.54) is 31.2 Å². The van der Waals surface area contributed by atoms with Crippen LogP contribution in [-0.4, -0.2) is 10.8 Å². The highest BCUT2D eigenvalue weighted by Gasteiger charge is 2.05. The van der Waals surface area contributed by atoms with Crippen LogP contribution in [0.1, 0.15) is 6.92 Å². The molecule has 0 aliphatic rings. The van der Waals surface area contributed by atoms with Crippen molar-refractivity contribution in [1.29, 1.82) is 0 Å². The van der Waals surface area contributed by atoms with Crippen LogP contribution >= 0.6 is 0 Å². The molecule has 0 saturated carbocycles. The first kappa shape index (κ1) is 13.5. The van der Waals surface area contributed by atoms with Crippen LogP contribution in [0.3, 0.4) is 0 Å². The third kappa shape index (κ3) is 3.55. The van der Waals surface area contributed by atoms with Crippen molar-refractivity contribution in [3.63, 3.8) is 0 Å². The molecule has 0 fully saturated rings. The van der Waals surface area contributed by atoms with Crippen LogP contribution in [0.25, 0.3) is 0 Å². The topological polar surface area (TPSA) is 81.5 Å². The number of hydrogen-bond donors (Lipinski definition) is 1. The Hall–Kier alpha value is -2.89. The predicted octanol–water partition coefficient (Wildman–Crippen LogP) is 3.35. The average Bonchev–Trinajstić information content (AvgIpc) is 2.39. The molecule has 0 saturated heterocycles. The molecule has 20 heavy (non-hydrogen) atoms. The molecule has 0 aromatic heterocycles. The van der Waals surface area contributed by atoms with Gasteiger partial charge in [0.05, 0.1) is 4.92 Å². The molecular weight excluding hydrogens is 260 g/mol. The van der Waals surface area contributed by atoms with Gasteiger partial charge in [0.1, 0.15) is 11.5 Å². The van der Waals surface area contributed by atoms with Crippen molar-refractivity contribution >= 4 is 17.3 Å². The van der Waals surface area contributed by atoms with Gasteiger partial charge in [0.2, 0.25) is 5.91 Å². The van der Waals surface area contributed by atoms with Gasteiger partial charge in [-0.2, -0.15) is 0 Å². The first-order chi connectivity index (χ1) is 9.54. The lowest BCUT2D eigenvalue weighted by Gasteiger charge is -2.07. The van der Waals surface area contributed by atoms with Gasteiger partial charge in [-0.1, -0.05) is 6.07 Å². The summed E-state index contributed by atoms with van der Waals surface area (Å²) in [5.41, 5.74) is 0.626. The largest absolute Gasteiger partial charge is 0.457 e. The lowest BCUT2D eigenvalue weighted by molar-refractivity contribution is -0.384. The maximum absolute atomic E-state index is 11.0. The van der Waals surface area contributed by atoms with Gasteiger partial charge >= 0.3 is 0 Å². The van der Waals surface area contributed by atoms with Crippen molar-refractivity contribution in [3.05, 3.63) is 58.6 Å².